The largest absolute Gasteiger partial charge is 0.462 e. The highest BCUT2D eigenvalue weighted by atomic mass is 16.6. The Morgan fingerprint density at radius 1 is 1.29 bits per heavy atom. The lowest BCUT2D eigenvalue weighted by Gasteiger charge is -2.37. The van der Waals surface area contributed by atoms with Crippen molar-refractivity contribution in [2.75, 3.05) is 6.61 Å². The molecule has 1 saturated heterocycles. The summed E-state index contributed by atoms with van der Waals surface area (Å²) in [6.45, 7) is 10.6. The van der Waals surface area contributed by atoms with Crippen molar-refractivity contribution in [3.05, 3.63) is 12.2 Å². The molecule has 3 rings (SSSR count). The maximum Gasteiger partial charge on any atom is 0.348 e. The Balaban J connectivity index is 1.79. The van der Waals surface area contributed by atoms with E-state index in [0.717, 1.165) is 6.42 Å². The van der Waals surface area contributed by atoms with Crippen LogP contribution in [-0.2, 0) is 19.1 Å². The van der Waals surface area contributed by atoms with Crippen molar-refractivity contribution in [2.45, 2.75) is 47.1 Å². The molecule has 0 aromatic carbocycles. The molecule has 2 fully saturated rings. The number of hydrogen-bond acceptors (Lipinski definition) is 4. The minimum Gasteiger partial charge on any atom is -0.462 e. The van der Waals surface area contributed by atoms with Crippen LogP contribution in [0.1, 0.15) is 41.0 Å². The Hall–Kier alpha value is -1.32. The van der Waals surface area contributed by atoms with Gasteiger partial charge >= 0.3 is 11.9 Å². The van der Waals surface area contributed by atoms with Crippen molar-refractivity contribution in [3.8, 4) is 0 Å². The smallest absolute Gasteiger partial charge is 0.348 e. The molecule has 4 nitrogen and oxygen atoms in total. The number of carbonyl (C=O) groups is 2. The molecule has 1 aliphatic heterocycles. The normalized spacial score (nSPS) is 42.1. The molecule has 0 aromatic heterocycles. The summed E-state index contributed by atoms with van der Waals surface area (Å²) in [7, 11) is 0. The number of carbonyl (C=O) groups excluding carboxylic acids is 2. The highest BCUT2D eigenvalue weighted by Crippen LogP contribution is 2.64. The number of ether oxygens (including phenoxy) is 2. The lowest BCUT2D eigenvalue weighted by molar-refractivity contribution is -0.169. The summed E-state index contributed by atoms with van der Waals surface area (Å²) in [4.78, 5) is 24.4. The maximum absolute atomic E-state index is 12.7. The zero-order chi connectivity index (χ0) is 15.6. The summed E-state index contributed by atoms with van der Waals surface area (Å²) in [6, 6.07) is 0. The van der Waals surface area contributed by atoms with Crippen LogP contribution >= 0.6 is 0 Å². The summed E-state index contributed by atoms with van der Waals surface area (Å²) in [6.07, 6.45) is 4.41. The molecular formula is C17H24O4. The van der Waals surface area contributed by atoms with E-state index in [0.29, 0.717) is 12.5 Å². The van der Waals surface area contributed by atoms with Crippen molar-refractivity contribution in [2.24, 2.45) is 28.1 Å². The van der Waals surface area contributed by atoms with Crippen molar-refractivity contribution < 1.29 is 19.1 Å². The molecule has 1 heterocycles. The molecule has 116 valence electrons. The van der Waals surface area contributed by atoms with Crippen LogP contribution in [0.3, 0.4) is 0 Å². The summed E-state index contributed by atoms with van der Waals surface area (Å²) < 4.78 is 10.6. The Bertz CT molecular complexity index is 531. The first-order chi connectivity index (χ1) is 9.59. The lowest BCUT2D eigenvalue weighted by Crippen LogP contribution is -2.41. The Kier molecular flexibility index (Phi) is 2.86. The number of fused-ring (bicyclic) bond motifs is 2. The van der Waals surface area contributed by atoms with E-state index in [2.05, 4.69) is 32.9 Å². The standard InChI is InChI=1S/C17H24O4/c1-15(2)9-20-14(19)12(15)21-13(18)11-8-10-6-7-17(11,5)16(10,3)4/h6-7,10-12H,8-9H2,1-5H3. The zero-order valence-corrected chi connectivity index (χ0v) is 13.4. The summed E-state index contributed by atoms with van der Waals surface area (Å²) in [5.41, 5.74) is -0.583. The molecule has 4 unspecified atom stereocenters. The van der Waals surface area contributed by atoms with Gasteiger partial charge in [-0.1, -0.05) is 46.8 Å². The molecule has 0 aromatic rings. The predicted octanol–water partition coefficient (Wildman–Crippen LogP) is 2.72. The average molecular weight is 292 g/mol. The van der Waals surface area contributed by atoms with Gasteiger partial charge in [-0.15, -0.1) is 0 Å². The maximum atomic E-state index is 12.7. The third-order valence-corrected chi connectivity index (χ3v) is 6.23. The fourth-order valence-corrected chi connectivity index (χ4v) is 4.08. The van der Waals surface area contributed by atoms with E-state index in [1.807, 2.05) is 13.8 Å². The SMILES string of the molecule is CC1(C)COC(=O)C1OC(=O)C1CC2C=CC1(C)C2(C)C. The van der Waals surface area contributed by atoms with Gasteiger partial charge in [0.1, 0.15) is 6.61 Å². The highest BCUT2D eigenvalue weighted by molar-refractivity contribution is 5.83. The van der Waals surface area contributed by atoms with Gasteiger partial charge in [0.25, 0.3) is 0 Å². The van der Waals surface area contributed by atoms with E-state index in [4.69, 9.17) is 9.47 Å². The molecular weight excluding hydrogens is 268 g/mol. The number of esters is 2. The molecule has 0 N–H and O–H groups in total. The van der Waals surface area contributed by atoms with Gasteiger partial charge in [0, 0.05) is 10.8 Å². The van der Waals surface area contributed by atoms with Gasteiger partial charge in [-0.05, 0) is 17.8 Å². The van der Waals surface area contributed by atoms with Crippen LogP contribution in [0.2, 0.25) is 0 Å². The lowest BCUT2D eigenvalue weighted by atomic mass is 9.67. The third kappa shape index (κ3) is 1.80. The fraction of sp³-hybridized carbons (Fsp3) is 0.765. The van der Waals surface area contributed by atoms with Gasteiger partial charge in [0.2, 0.25) is 6.10 Å². The molecule has 1 saturated carbocycles. The molecule has 0 spiro atoms. The summed E-state index contributed by atoms with van der Waals surface area (Å²) >= 11 is 0. The number of allylic oxidation sites excluding steroid dienone is 2. The third-order valence-electron chi connectivity index (χ3n) is 6.23. The van der Waals surface area contributed by atoms with Gasteiger partial charge in [0.05, 0.1) is 5.92 Å². The van der Waals surface area contributed by atoms with Crippen molar-refractivity contribution in [3.63, 3.8) is 0 Å². The first-order valence-electron chi connectivity index (χ1n) is 7.66. The molecule has 3 aliphatic rings. The average Bonchev–Trinajstić information content (AvgIpc) is 2.85. The molecule has 4 heteroatoms. The van der Waals surface area contributed by atoms with Gasteiger partial charge in [-0.3, -0.25) is 4.79 Å². The summed E-state index contributed by atoms with van der Waals surface area (Å²) in [5.74, 6) is -0.443. The van der Waals surface area contributed by atoms with Gasteiger partial charge in [0.15, 0.2) is 0 Å². The fourth-order valence-electron chi connectivity index (χ4n) is 4.08. The Morgan fingerprint density at radius 2 is 1.95 bits per heavy atom. The minimum atomic E-state index is -0.778. The van der Waals surface area contributed by atoms with E-state index in [9.17, 15) is 9.59 Å². The predicted molar refractivity (Wildman–Crippen MR) is 77.2 cm³/mol. The second-order valence-corrected chi connectivity index (χ2v) is 8.17. The second-order valence-electron chi connectivity index (χ2n) is 8.17. The highest BCUT2D eigenvalue weighted by Gasteiger charge is 2.62. The van der Waals surface area contributed by atoms with E-state index < -0.39 is 17.5 Å². The van der Waals surface area contributed by atoms with Crippen LogP contribution in [0, 0.1) is 28.1 Å². The van der Waals surface area contributed by atoms with E-state index in [1.54, 1.807) is 0 Å². The topological polar surface area (TPSA) is 52.6 Å². The van der Waals surface area contributed by atoms with E-state index >= 15 is 0 Å². The van der Waals surface area contributed by atoms with Crippen LogP contribution in [0.15, 0.2) is 12.2 Å². The van der Waals surface area contributed by atoms with E-state index in [1.165, 1.54) is 0 Å². The number of cyclic esters (lactones) is 1. The van der Waals surface area contributed by atoms with Gasteiger partial charge in [-0.2, -0.15) is 0 Å². The molecule has 0 radical (unpaired) electrons. The zero-order valence-electron chi connectivity index (χ0n) is 13.4. The molecule has 21 heavy (non-hydrogen) atoms. The Morgan fingerprint density at radius 3 is 2.38 bits per heavy atom. The first kappa shape index (κ1) is 14.6. The van der Waals surface area contributed by atoms with E-state index in [-0.39, 0.29) is 22.7 Å². The van der Waals surface area contributed by atoms with Crippen LogP contribution in [0.5, 0.6) is 0 Å². The Labute approximate surface area is 125 Å². The monoisotopic (exact) mass is 292 g/mol. The first-order valence-corrected chi connectivity index (χ1v) is 7.66. The quantitative estimate of drug-likeness (QED) is 0.580. The van der Waals surface area contributed by atoms with Crippen LogP contribution in [-0.4, -0.2) is 24.6 Å². The molecule has 2 aliphatic carbocycles. The summed E-state index contributed by atoms with van der Waals surface area (Å²) in [5, 5.41) is 0. The minimum absolute atomic E-state index is 0.0579. The van der Waals surface area contributed by atoms with Crippen LogP contribution in [0.4, 0.5) is 0 Å². The van der Waals surface area contributed by atoms with Crippen molar-refractivity contribution >= 4 is 11.9 Å². The number of rotatable bonds is 2. The molecule has 2 bridgehead atoms. The van der Waals surface area contributed by atoms with Crippen molar-refractivity contribution in [1.29, 1.82) is 0 Å². The van der Waals surface area contributed by atoms with Gasteiger partial charge < -0.3 is 9.47 Å². The molecule has 0 amide bonds. The van der Waals surface area contributed by atoms with Gasteiger partial charge in [-0.25, -0.2) is 4.79 Å². The second kappa shape index (κ2) is 4.11. The van der Waals surface area contributed by atoms with Crippen LogP contribution < -0.4 is 0 Å². The van der Waals surface area contributed by atoms with Crippen LogP contribution in [0.25, 0.3) is 0 Å². The number of hydrogen-bond donors (Lipinski definition) is 0. The molecule has 4 atom stereocenters. The van der Waals surface area contributed by atoms with Crippen molar-refractivity contribution in [1.82, 2.24) is 0 Å².